The van der Waals surface area contributed by atoms with Gasteiger partial charge in [-0.2, -0.15) is 0 Å². The molecule has 1 saturated heterocycles. The number of likely N-dealkylation sites (N-methyl/N-ethyl adjacent to an activating group) is 1. The van der Waals surface area contributed by atoms with Gasteiger partial charge in [-0.15, -0.1) is 0 Å². The van der Waals surface area contributed by atoms with E-state index in [9.17, 15) is 4.79 Å². The van der Waals surface area contributed by atoms with Gasteiger partial charge in [-0.3, -0.25) is 4.79 Å². The molecule has 1 unspecified atom stereocenters. The number of carbonyl (C=O) groups is 1. The van der Waals surface area contributed by atoms with Crippen LogP contribution in [-0.4, -0.2) is 46.5 Å². The Kier molecular flexibility index (Phi) is 4.08. The molecule has 0 aromatic carbocycles. The monoisotopic (exact) mass is 288 g/mol. The van der Waals surface area contributed by atoms with Crippen molar-refractivity contribution in [3.63, 3.8) is 0 Å². The van der Waals surface area contributed by atoms with Gasteiger partial charge in [-0.1, -0.05) is 12.8 Å². The van der Waals surface area contributed by atoms with Gasteiger partial charge in [0.1, 0.15) is 6.04 Å². The molecular weight excluding hydrogens is 264 g/mol. The first kappa shape index (κ1) is 14.3. The third kappa shape index (κ3) is 2.74. The van der Waals surface area contributed by atoms with Crippen molar-refractivity contribution in [3.05, 3.63) is 18.0 Å². The summed E-state index contributed by atoms with van der Waals surface area (Å²) in [6, 6.07) is 1.87. The fourth-order valence-electron chi connectivity index (χ4n) is 3.47. The molecule has 1 aliphatic carbocycles. The summed E-state index contributed by atoms with van der Waals surface area (Å²) < 4.78 is 0. The molecule has 2 aliphatic rings. The van der Waals surface area contributed by atoms with Crippen molar-refractivity contribution < 1.29 is 4.79 Å². The minimum atomic E-state index is -0.169. The fourth-order valence-corrected chi connectivity index (χ4v) is 3.47. The molecule has 0 spiro atoms. The predicted octanol–water partition coefficient (Wildman–Crippen LogP) is 2.19. The Hall–Kier alpha value is -1.65. The van der Waals surface area contributed by atoms with Crippen LogP contribution < -0.4 is 4.90 Å². The lowest BCUT2D eigenvalue weighted by atomic mass is 10.0. The van der Waals surface area contributed by atoms with Gasteiger partial charge in [0.2, 0.25) is 11.9 Å². The Morgan fingerprint density at radius 3 is 2.76 bits per heavy atom. The van der Waals surface area contributed by atoms with E-state index in [4.69, 9.17) is 4.98 Å². The van der Waals surface area contributed by atoms with Gasteiger partial charge in [0.15, 0.2) is 0 Å². The second kappa shape index (κ2) is 6.00. The number of nitrogens with zero attached hydrogens (tertiary/aromatic N) is 4. The lowest BCUT2D eigenvalue weighted by Crippen LogP contribution is -2.56. The van der Waals surface area contributed by atoms with Crippen LogP contribution >= 0.6 is 0 Å². The number of amides is 1. The van der Waals surface area contributed by atoms with E-state index >= 15 is 0 Å². The highest BCUT2D eigenvalue weighted by molar-refractivity contribution is 5.85. The summed E-state index contributed by atoms with van der Waals surface area (Å²) in [4.78, 5) is 25.4. The van der Waals surface area contributed by atoms with Crippen molar-refractivity contribution in [2.24, 2.45) is 0 Å². The summed E-state index contributed by atoms with van der Waals surface area (Å²) in [6.45, 7) is 6.33. The Morgan fingerprint density at radius 2 is 2.05 bits per heavy atom. The van der Waals surface area contributed by atoms with Crippen LogP contribution in [0.5, 0.6) is 0 Å². The van der Waals surface area contributed by atoms with Gasteiger partial charge in [-0.25, -0.2) is 9.97 Å². The molecule has 5 nitrogen and oxygen atoms in total. The summed E-state index contributed by atoms with van der Waals surface area (Å²) >= 11 is 0. The largest absolute Gasteiger partial charge is 0.339 e. The molecule has 1 atom stereocenters. The first-order valence-electron chi connectivity index (χ1n) is 8.09. The molecule has 1 aliphatic heterocycles. The molecule has 1 aromatic rings. The smallest absolute Gasteiger partial charge is 0.245 e. The first-order chi connectivity index (χ1) is 10.2. The van der Waals surface area contributed by atoms with Crippen LogP contribution in [-0.2, 0) is 4.79 Å². The van der Waals surface area contributed by atoms with Crippen LogP contribution in [0.1, 0.15) is 51.1 Å². The molecule has 0 N–H and O–H groups in total. The Labute approximate surface area is 126 Å². The predicted molar refractivity (Wildman–Crippen MR) is 82.3 cm³/mol. The standard InChI is InChI=1S/C16H24N4O/c1-3-19-10-11-20(12(2)15(19)21)16-17-9-8-14(18-16)13-6-4-5-7-13/h8-9,12-13H,3-7,10-11H2,1-2H3. The lowest BCUT2D eigenvalue weighted by Gasteiger charge is -2.38. The third-order valence-electron chi connectivity index (χ3n) is 4.82. The summed E-state index contributed by atoms with van der Waals surface area (Å²) in [5, 5.41) is 0. The third-order valence-corrected chi connectivity index (χ3v) is 4.82. The van der Waals surface area contributed by atoms with Crippen LogP contribution in [0, 0.1) is 0 Å². The molecule has 1 amide bonds. The van der Waals surface area contributed by atoms with Crippen molar-refractivity contribution in [1.29, 1.82) is 0 Å². The van der Waals surface area contributed by atoms with Crippen molar-refractivity contribution in [2.45, 2.75) is 51.5 Å². The zero-order valence-electron chi connectivity index (χ0n) is 13.0. The first-order valence-corrected chi connectivity index (χ1v) is 8.09. The van der Waals surface area contributed by atoms with Gasteiger partial charge in [0.05, 0.1) is 0 Å². The topological polar surface area (TPSA) is 49.3 Å². The molecule has 0 bridgehead atoms. The van der Waals surface area contributed by atoms with Crippen molar-refractivity contribution in [2.75, 3.05) is 24.5 Å². The van der Waals surface area contributed by atoms with E-state index in [0.29, 0.717) is 5.92 Å². The quantitative estimate of drug-likeness (QED) is 0.855. The molecule has 114 valence electrons. The fraction of sp³-hybridized carbons (Fsp3) is 0.688. The number of carbonyl (C=O) groups excluding carboxylic acids is 1. The molecule has 3 rings (SSSR count). The van der Waals surface area contributed by atoms with E-state index in [1.165, 1.54) is 25.7 Å². The number of anilines is 1. The second-order valence-electron chi connectivity index (χ2n) is 6.05. The average Bonchev–Trinajstić information content (AvgIpc) is 3.04. The molecule has 2 heterocycles. The zero-order chi connectivity index (χ0) is 14.8. The van der Waals surface area contributed by atoms with Gasteiger partial charge >= 0.3 is 0 Å². The molecule has 0 radical (unpaired) electrons. The SMILES string of the molecule is CCN1CCN(c2nccc(C3CCCC3)n2)C(C)C1=O. The number of hydrogen-bond donors (Lipinski definition) is 0. The Balaban J connectivity index is 1.80. The van der Waals surface area contributed by atoms with Crippen LogP contribution in [0.15, 0.2) is 12.3 Å². The minimum absolute atomic E-state index is 0.169. The maximum absolute atomic E-state index is 12.3. The second-order valence-corrected chi connectivity index (χ2v) is 6.05. The number of aromatic nitrogens is 2. The van der Waals surface area contributed by atoms with Gasteiger partial charge in [0.25, 0.3) is 0 Å². The summed E-state index contributed by atoms with van der Waals surface area (Å²) in [5.74, 6) is 1.48. The summed E-state index contributed by atoms with van der Waals surface area (Å²) in [7, 11) is 0. The van der Waals surface area contributed by atoms with Gasteiger partial charge in [-0.05, 0) is 32.8 Å². The number of hydrogen-bond acceptors (Lipinski definition) is 4. The highest BCUT2D eigenvalue weighted by Gasteiger charge is 2.32. The highest BCUT2D eigenvalue weighted by Crippen LogP contribution is 2.33. The van der Waals surface area contributed by atoms with E-state index < -0.39 is 0 Å². The summed E-state index contributed by atoms with van der Waals surface area (Å²) in [5.41, 5.74) is 1.15. The Morgan fingerprint density at radius 1 is 1.29 bits per heavy atom. The molecule has 1 saturated carbocycles. The van der Waals surface area contributed by atoms with Crippen molar-refractivity contribution in [1.82, 2.24) is 14.9 Å². The number of piperazine rings is 1. The molecule has 5 heteroatoms. The molecule has 2 fully saturated rings. The number of rotatable bonds is 3. The average molecular weight is 288 g/mol. The van der Waals surface area contributed by atoms with Gasteiger partial charge in [0, 0.05) is 37.4 Å². The van der Waals surface area contributed by atoms with Gasteiger partial charge < -0.3 is 9.80 Å². The van der Waals surface area contributed by atoms with E-state index in [1.807, 2.05) is 35.9 Å². The zero-order valence-corrected chi connectivity index (χ0v) is 13.0. The van der Waals surface area contributed by atoms with E-state index in [2.05, 4.69) is 4.98 Å². The van der Waals surface area contributed by atoms with E-state index in [1.54, 1.807) is 0 Å². The normalized spacial score (nSPS) is 23.9. The van der Waals surface area contributed by atoms with E-state index in [0.717, 1.165) is 31.3 Å². The minimum Gasteiger partial charge on any atom is -0.339 e. The van der Waals surface area contributed by atoms with Crippen molar-refractivity contribution >= 4 is 11.9 Å². The van der Waals surface area contributed by atoms with Crippen LogP contribution in [0.3, 0.4) is 0 Å². The summed E-state index contributed by atoms with van der Waals surface area (Å²) in [6.07, 6.45) is 6.91. The lowest BCUT2D eigenvalue weighted by molar-refractivity contribution is -0.133. The maximum atomic E-state index is 12.3. The van der Waals surface area contributed by atoms with Crippen LogP contribution in [0.2, 0.25) is 0 Å². The van der Waals surface area contributed by atoms with Crippen LogP contribution in [0.4, 0.5) is 5.95 Å². The maximum Gasteiger partial charge on any atom is 0.245 e. The van der Waals surface area contributed by atoms with Crippen LogP contribution in [0.25, 0.3) is 0 Å². The molecule has 1 aromatic heterocycles. The molecule has 21 heavy (non-hydrogen) atoms. The van der Waals surface area contributed by atoms with Crippen molar-refractivity contribution in [3.8, 4) is 0 Å². The van der Waals surface area contributed by atoms with E-state index in [-0.39, 0.29) is 11.9 Å². The highest BCUT2D eigenvalue weighted by atomic mass is 16.2. The Bertz CT molecular complexity index is 513. The molecular formula is C16H24N4O.